The Morgan fingerprint density at radius 3 is 2.86 bits per heavy atom. The minimum atomic E-state index is 0.160. The second kappa shape index (κ2) is 8.84. The van der Waals surface area contributed by atoms with E-state index in [1.807, 2.05) is 53.8 Å². The predicted molar refractivity (Wildman–Crippen MR) is 114 cm³/mol. The maximum absolute atomic E-state index is 13.1. The summed E-state index contributed by atoms with van der Waals surface area (Å²) in [6.45, 7) is 2.22. The summed E-state index contributed by atoms with van der Waals surface area (Å²) in [6.07, 6.45) is 6.63. The lowest BCUT2D eigenvalue weighted by Crippen LogP contribution is -2.38. The van der Waals surface area contributed by atoms with Crippen molar-refractivity contribution < 1.29 is 9.53 Å². The van der Waals surface area contributed by atoms with E-state index in [9.17, 15) is 4.79 Å². The second-order valence-electron chi connectivity index (χ2n) is 6.65. The molecule has 0 aliphatic carbocycles. The Balaban J connectivity index is 1.37. The van der Waals surface area contributed by atoms with Crippen LogP contribution in [0.5, 0.6) is 5.75 Å². The van der Waals surface area contributed by atoms with Gasteiger partial charge in [0.15, 0.2) is 0 Å². The zero-order valence-corrected chi connectivity index (χ0v) is 17.4. The Bertz CT molecular complexity index is 923. The molecule has 28 heavy (non-hydrogen) atoms. The highest BCUT2D eigenvalue weighted by atomic mass is 32.2. The smallest absolute Gasteiger partial charge is 0.256 e. The first-order valence-corrected chi connectivity index (χ1v) is 11.5. The first-order valence-electron chi connectivity index (χ1n) is 9.45. The molecular formula is C21H23N3O2S2. The third-order valence-electron chi connectivity index (χ3n) is 4.86. The number of unbranched alkanes of at least 4 members (excludes halogenated alkanes) is 1. The average Bonchev–Trinajstić information content (AvgIpc) is 3.37. The molecule has 3 heterocycles. The molecule has 146 valence electrons. The molecule has 0 spiro atoms. The number of hydrogen-bond donors (Lipinski definition) is 1. The van der Waals surface area contributed by atoms with Crippen LogP contribution in [0.25, 0.3) is 10.6 Å². The number of carbonyl (C=O) groups is 1. The van der Waals surface area contributed by atoms with E-state index in [1.165, 1.54) is 0 Å². The molecule has 2 aromatic heterocycles. The molecule has 7 heteroatoms. The highest BCUT2D eigenvalue weighted by molar-refractivity contribution is 8.00. The standard InChI is InChI=1S/C21H23N3O2S2/c1-27-21-18-16(19(28-21)17-9-11-22-23-17)10-13-24(20(18)25)12-5-6-14-26-15-7-3-2-4-8-15/h2-4,7-9,11H,5-6,10,12-14H2,1H3,(H,22,23). The van der Waals surface area contributed by atoms with Crippen LogP contribution in [0.2, 0.25) is 0 Å². The van der Waals surface area contributed by atoms with Crippen molar-refractivity contribution in [3.05, 3.63) is 53.7 Å². The first kappa shape index (κ1) is 19.1. The van der Waals surface area contributed by atoms with E-state index in [-0.39, 0.29) is 5.91 Å². The summed E-state index contributed by atoms with van der Waals surface area (Å²) in [7, 11) is 0. The zero-order valence-electron chi connectivity index (χ0n) is 15.8. The Morgan fingerprint density at radius 2 is 2.11 bits per heavy atom. The molecule has 1 N–H and O–H groups in total. The van der Waals surface area contributed by atoms with Gasteiger partial charge in [-0.1, -0.05) is 18.2 Å². The number of hydrogen-bond acceptors (Lipinski definition) is 5. The van der Waals surface area contributed by atoms with E-state index >= 15 is 0 Å². The molecule has 1 amide bonds. The fourth-order valence-corrected chi connectivity index (χ4v) is 5.51. The molecule has 0 bridgehead atoms. The van der Waals surface area contributed by atoms with Gasteiger partial charge >= 0.3 is 0 Å². The third-order valence-corrected chi connectivity index (χ3v) is 7.23. The number of amides is 1. The number of thiophene rings is 1. The lowest BCUT2D eigenvalue weighted by molar-refractivity contribution is 0.0732. The van der Waals surface area contributed by atoms with Crippen molar-refractivity contribution in [1.82, 2.24) is 15.1 Å². The SMILES string of the molecule is CSc1sc(-c2cc[nH]n2)c2c1C(=O)N(CCCCOc1ccccc1)CC2. The van der Waals surface area contributed by atoms with E-state index in [0.717, 1.165) is 64.0 Å². The van der Waals surface area contributed by atoms with Gasteiger partial charge in [-0.2, -0.15) is 5.10 Å². The molecule has 0 fully saturated rings. The van der Waals surface area contributed by atoms with Crippen molar-refractivity contribution in [2.45, 2.75) is 23.5 Å². The van der Waals surface area contributed by atoms with Crippen molar-refractivity contribution in [1.29, 1.82) is 0 Å². The number of benzene rings is 1. The topological polar surface area (TPSA) is 58.2 Å². The Kier molecular flexibility index (Phi) is 6.02. The van der Waals surface area contributed by atoms with Gasteiger partial charge in [0, 0.05) is 19.3 Å². The summed E-state index contributed by atoms with van der Waals surface area (Å²) in [5.74, 6) is 1.06. The highest BCUT2D eigenvalue weighted by Gasteiger charge is 2.31. The molecule has 1 aliphatic rings. The van der Waals surface area contributed by atoms with E-state index in [0.29, 0.717) is 6.61 Å². The largest absolute Gasteiger partial charge is 0.494 e. The van der Waals surface area contributed by atoms with Crippen LogP contribution in [0.3, 0.4) is 0 Å². The van der Waals surface area contributed by atoms with Gasteiger partial charge < -0.3 is 9.64 Å². The van der Waals surface area contributed by atoms with Crippen molar-refractivity contribution in [3.63, 3.8) is 0 Å². The van der Waals surface area contributed by atoms with Crippen molar-refractivity contribution in [2.24, 2.45) is 0 Å². The number of ether oxygens (including phenoxy) is 1. The number of fused-ring (bicyclic) bond motifs is 1. The molecule has 0 atom stereocenters. The maximum atomic E-state index is 13.1. The Hall–Kier alpha value is -2.25. The maximum Gasteiger partial charge on any atom is 0.256 e. The monoisotopic (exact) mass is 413 g/mol. The van der Waals surface area contributed by atoms with Crippen LogP contribution in [0, 0.1) is 0 Å². The number of nitrogens with one attached hydrogen (secondary N) is 1. The van der Waals surface area contributed by atoms with Gasteiger partial charge in [0.05, 0.1) is 21.3 Å². The molecule has 3 aromatic rings. The summed E-state index contributed by atoms with van der Waals surface area (Å²) in [5.41, 5.74) is 2.98. The van der Waals surface area contributed by atoms with Crippen molar-refractivity contribution in [3.8, 4) is 16.3 Å². The van der Waals surface area contributed by atoms with Gasteiger partial charge in [-0.15, -0.1) is 23.1 Å². The predicted octanol–water partition coefficient (Wildman–Crippen LogP) is 4.72. The fraction of sp³-hybridized carbons (Fsp3) is 0.333. The zero-order chi connectivity index (χ0) is 19.3. The van der Waals surface area contributed by atoms with Crippen LogP contribution in [0.1, 0.15) is 28.8 Å². The van der Waals surface area contributed by atoms with Gasteiger partial charge in [-0.3, -0.25) is 9.89 Å². The first-order chi connectivity index (χ1) is 13.8. The summed E-state index contributed by atoms with van der Waals surface area (Å²) in [5, 5.41) is 7.20. The third kappa shape index (κ3) is 3.95. The average molecular weight is 414 g/mol. The molecule has 0 unspecified atom stereocenters. The molecule has 4 rings (SSSR count). The molecule has 1 aliphatic heterocycles. The van der Waals surface area contributed by atoms with E-state index in [1.54, 1.807) is 23.1 Å². The number of para-hydroxylation sites is 1. The quantitative estimate of drug-likeness (QED) is 0.429. The van der Waals surface area contributed by atoms with Crippen LogP contribution >= 0.6 is 23.1 Å². The van der Waals surface area contributed by atoms with Gasteiger partial charge in [-0.05, 0) is 49.3 Å². The molecule has 0 radical (unpaired) electrons. The number of H-pyrrole nitrogens is 1. The van der Waals surface area contributed by atoms with Gasteiger partial charge in [0.2, 0.25) is 0 Å². The van der Waals surface area contributed by atoms with Crippen LogP contribution in [0.15, 0.2) is 46.8 Å². The summed E-state index contributed by atoms with van der Waals surface area (Å²) in [6, 6.07) is 11.8. The van der Waals surface area contributed by atoms with E-state index in [4.69, 9.17) is 4.74 Å². The number of carbonyl (C=O) groups excluding carboxylic acids is 1. The summed E-state index contributed by atoms with van der Waals surface area (Å²) in [4.78, 5) is 16.2. The molecule has 0 saturated carbocycles. The Labute approximate surface area is 173 Å². The number of rotatable bonds is 8. The summed E-state index contributed by atoms with van der Waals surface area (Å²) < 4.78 is 6.84. The minimum absolute atomic E-state index is 0.160. The van der Waals surface area contributed by atoms with Crippen LogP contribution < -0.4 is 4.74 Å². The van der Waals surface area contributed by atoms with Crippen LogP contribution in [-0.2, 0) is 6.42 Å². The summed E-state index contributed by atoms with van der Waals surface area (Å²) >= 11 is 3.33. The van der Waals surface area contributed by atoms with Gasteiger partial charge in [-0.25, -0.2) is 0 Å². The molecule has 5 nitrogen and oxygen atoms in total. The van der Waals surface area contributed by atoms with Gasteiger partial charge in [0.1, 0.15) is 11.4 Å². The van der Waals surface area contributed by atoms with Crippen molar-refractivity contribution >= 4 is 29.0 Å². The Morgan fingerprint density at radius 1 is 1.25 bits per heavy atom. The number of aromatic nitrogens is 2. The van der Waals surface area contributed by atoms with Crippen molar-refractivity contribution in [2.75, 3.05) is 26.0 Å². The molecule has 1 aromatic carbocycles. The lowest BCUT2D eigenvalue weighted by atomic mass is 10.0. The van der Waals surface area contributed by atoms with Crippen LogP contribution in [-0.4, -0.2) is 47.0 Å². The number of nitrogens with zero attached hydrogens (tertiary/aromatic N) is 2. The van der Waals surface area contributed by atoms with Gasteiger partial charge in [0.25, 0.3) is 5.91 Å². The fourth-order valence-electron chi connectivity index (χ4n) is 3.47. The number of aromatic amines is 1. The second-order valence-corrected chi connectivity index (χ2v) is 8.74. The molecular weight excluding hydrogens is 390 g/mol. The van der Waals surface area contributed by atoms with E-state index < -0.39 is 0 Å². The van der Waals surface area contributed by atoms with E-state index in [2.05, 4.69) is 10.2 Å². The highest BCUT2D eigenvalue weighted by Crippen LogP contribution is 2.43. The molecule has 0 saturated heterocycles. The minimum Gasteiger partial charge on any atom is -0.494 e. The normalized spacial score (nSPS) is 13.6. The van der Waals surface area contributed by atoms with Crippen LogP contribution in [0.4, 0.5) is 0 Å². The lowest BCUT2D eigenvalue weighted by Gasteiger charge is -2.28. The number of thioether (sulfide) groups is 1.